The summed E-state index contributed by atoms with van der Waals surface area (Å²) in [5.41, 5.74) is 0. The number of hydrogen-bond donors (Lipinski definition) is 0. The van der Waals surface area contributed by atoms with Crippen molar-refractivity contribution >= 4 is 5.97 Å². The molecule has 10 heteroatoms. The highest BCUT2D eigenvalue weighted by molar-refractivity contribution is 5.84. The maximum absolute atomic E-state index is 11.5. The second kappa shape index (κ2) is 6.40. The number of alkyl halides is 7. The molecule has 0 fully saturated rings. The predicted molar refractivity (Wildman–Crippen MR) is 39.3 cm³/mol. The molecular formula is C7H6F8O2. The average molecular weight is 276 g/mol. The van der Waals surface area contributed by atoms with Crippen LogP contribution in [-0.2, 0) is 9.53 Å². The molecule has 0 atom stereocenters. The van der Waals surface area contributed by atoms with E-state index >= 15 is 0 Å². The molecule has 0 rings (SSSR count). The molecule has 102 valence electrons. The van der Waals surface area contributed by atoms with Crippen molar-refractivity contribution in [3.8, 4) is 0 Å². The van der Waals surface area contributed by atoms with Gasteiger partial charge in [-0.2, -0.15) is 26.3 Å². The van der Waals surface area contributed by atoms with Gasteiger partial charge in [-0.05, 0) is 0 Å². The molecule has 0 amide bonds. The molecule has 0 aromatic carbocycles. The van der Waals surface area contributed by atoms with Crippen molar-refractivity contribution in [3.05, 3.63) is 12.4 Å². The molecule has 0 aromatic rings. The summed E-state index contributed by atoms with van der Waals surface area (Å²) in [5.74, 6) is -8.63. The molecule has 0 aromatic heterocycles. The van der Waals surface area contributed by atoms with E-state index in [-0.39, 0.29) is 0 Å². The van der Waals surface area contributed by atoms with Gasteiger partial charge < -0.3 is 4.74 Å². The number of ether oxygens (including phenoxy) is 1. The van der Waals surface area contributed by atoms with Gasteiger partial charge in [0.2, 0.25) is 5.83 Å². The molecule has 0 spiro atoms. The van der Waals surface area contributed by atoms with Crippen molar-refractivity contribution in [2.75, 3.05) is 7.09 Å². The average Bonchev–Trinajstić information content (AvgIpc) is 2.15. The minimum Gasteiger partial charge on any atom is -0.464 e. The van der Waals surface area contributed by atoms with E-state index in [0.29, 0.717) is 0 Å². The van der Waals surface area contributed by atoms with Gasteiger partial charge in [0.05, 0.1) is 8.46 Å². The monoisotopic (exact) mass is 276 g/mol. The zero-order valence-corrected chi connectivity index (χ0v) is 7.75. The van der Waals surface area contributed by atoms with Gasteiger partial charge in [-0.3, -0.25) is 0 Å². The van der Waals surface area contributed by atoms with Gasteiger partial charge in [-0.25, -0.2) is 13.6 Å². The molecule has 17 heavy (non-hydrogen) atoms. The Balaban J connectivity index is 0. The third-order valence-corrected chi connectivity index (χ3v) is 0.946. The zero-order chi connectivity index (χ0) is 16.1. The van der Waals surface area contributed by atoms with Crippen molar-refractivity contribution < 1.29 is 47.4 Å². The van der Waals surface area contributed by atoms with Crippen LogP contribution in [0.15, 0.2) is 12.4 Å². The molecule has 2 nitrogen and oxygen atoms in total. The maximum atomic E-state index is 11.5. The van der Waals surface area contributed by atoms with Crippen LogP contribution in [0.3, 0.4) is 0 Å². The number of hydrogen-bond acceptors (Lipinski definition) is 2. The number of methoxy groups -OCH3 is 1. The molecule has 0 N–H and O–H groups in total. The highest BCUT2D eigenvalue weighted by atomic mass is 19.4. The van der Waals surface area contributed by atoms with Gasteiger partial charge in [-0.15, -0.1) is 0 Å². The Hall–Kier alpha value is -1.35. The van der Waals surface area contributed by atoms with Gasteiger partial charge in [0, 0.05) is 0 Å². The van der Waals surface area contributed by atoms with Crippen LogP contribution in [0.25, 0.3) is 0 Å². The van der Waals surface area contributed by atoms with E-state index in [4.69, 9.17) is 2.74 Å². The first-order chi connectivity index (χ1) is 8.18. The van der Waals surface area contributed by atoms with Crippen LogP contribution in [-0.4, -0.2) is 31.6 Å². The summed E-state index contributed by atoms with van der Waals surface area (Å²) in [6.45, 7) is 2.65. The van der Waals surface area contributed by atoms with Crippen molar-refractivity contribution in [1.29, 1.82) is 0 Å². The lowest BCUT2D eigenvalue weighted by Gasteiger charge is -2.17. The van der Waals surface area contributed by atoms with Crippen LogP contribution >= 0.6 is 0 Å². The highest BCUT2D eigenvalue weighted by Crippen LogP contribution is 2.39. The normalized spacial score (nSPS) is 13.9. The largest absolute Gasteiger partial charge is 0.464 e. The van der Waals surface area contributed by atoms with E-state index < -0.39 is 37.4 Å². The minimum atomic E-state index is -6.39. The van der Waals surface area contributed by atoms with Gasteiger partial charge in [0.15, 0.2) is 0 Å². The quantitative estimate of drug-likeness (QED) is 0.440. The molecule has 0 unspecified atom stereocenters. The van der Waals surface area contributed by atoms with Crippen LogP contribution in [0.5, 0.6) is 0 Å². The first kappa shape index (κ1) is 13.7. The summed E-state index contributed by atoms with van der Waals surface area (Å²) >= 11 is 0. The molecule has 0 heterocycles. The third-order valence-electron chi connectivity index (χ3n) is 0.946. The van der Waals surface area contributed by atoms with Crippen LogP contribution in [0.2, 0.25) is 0 Å². The fourth-order valence-corrected chi connectivity index (χ4v) is 0.185. The van der Waals surface area contributed by atoms with Gasteiger partial charge >= 0.3 is 24.5 Å². The van der Waals surface area contributed by atoms with Gasteiger partial charge in [-0.1, -0.05) is 6.58 Å². The first-order valence-electron chi connectivity index (χ1n) is 4.52. The van der Waals surface area contributed by atoms with Crippen molar-refractivity contribution in [2.45, 2.75) is 18.5 Å². The molecule has 0 aliphatic carbocycles. The summed E-state index contributed by atoms with van der Waals surface area (Å²) < 4.78 is 105. The van der Waals surface area contributed by atoms with E-state index in [1.165, 1.54) is 0 Å². The SMILES string of the molecule is [2H]C(F)(F)C(F)(F)C(F)(F)F.[2H]COC(=O)C(=C)F. The fraction of sp³-hybridized carbons (Fsp3) is 0.571. The lowest BCUT2D eigenvalue weighted by atomic mass is 10.3. The van der Waals surface area contributed by atoms with E-state index in [2.05, 4.69) is 11.3 Å². The smallest absolute Gasteiger partial charge is 0.459 e. The summed E-state index contributed by atoms with van der Waals surface area (Å²) in [6.07, 6.45) is -12.2. The topological polar surface area (TPSA) is 26.3 Å². The minimum absolute atomic E-state index is 0.568. The molecule has 0 aliphatic rings. The summed E-state index contributed by atoms with van der Waals surface area (Å²) in [5, 5.41) is 0. The molecule has 0 radical (unpaired) electrons. The Labute approximate surface area is 92.7 Å². The van der Waals surface area contributed by atoms with Crippen molar-refractivity contribution in [3.63, 3.8) is 0 Å². The number of rotatable bonds is 2. The predicted octanol–water partition coefficient (Wildman–Crippen LogP) is 3.09. The number of carbonyl (C=O) groups excluding carboxylic acids is 1. The van der Waals surface area contributed by atoms with Crippen LogP contribution in [0.4, 0.5) is 35.1 Å². The van der Waals surface area contributed by atoms with Crippen LogP contribution < -0.4 is 0 Å². The van der Waals surface area contributed by atoms with Crippen molar-refractivity contribution in [1.82, 2.24) is 0 Å². The second-order valence-electron chi connectivity index (χ2n) is 2.17. The molecule has 0 aliphatic heterocycles. The number of halogens is 8. The van der Waals surface area contributed by atoms with E-state index in [1.54, 1.807) is 0 Å². The standard InChI is InChI=1S/C4H5FO2.C3HF7/c1-3(5)4(6)7-2;4-1(5)2(6,7)3(8,9)10/h1H2,2H3;1H/i2D;1D. The second-order valence-corrected chi connectivity index (χ2v) is 2.17. The maximum Gasteiger partial charge on any atom is 0.459 e. The zero-order valence-electron chi connectivity index (χ0n) is 9.75. The number of carbonyl (C=O) groups is 1. The summed E-state index contributed by atoms with van der Waals surface area (Å²) in [4.78, 5) is 9.93. The fourth-order valence-electron chi connectivity index (χ4n) is 0.185. The molecule has 0 saturated heterocycles. The third kappa shape index (κ3) is 6.07. The lowest BCUT2D eigenvalue weighted by molar-refractivity contribution is -0.320. The van der Waals surface area contributed by atoms with E-state index in [9.17, 15) is 39.9 Å². The van der Waals surface area contributed by atoms with E-state index in [0.717, 1.165) is 0 Å². The molecular weight excluding hydrogens is 268 g/mol. The summed E-state index contributed by atoms with van der Waals surface area (Å²) in [6, 6.07) is 0. The highest BCUT2D eigenvalue weighted by Gasteiger charge is 2.64. The Bertz CT molecular complexity index is 306. The van der Waals surface area contributed by atoms with Crippen LogP contribution in [0, 0.1) is 0 Å². The lowest BCUT2D eigenvalue weighted by Crippen LogP contribution is -2.42. The van der Waals surface area contributed by atoms with Crippen molar-refractivity contribution in [2.24, 2.45) is 0 Å². The molecule has 0 bridgehead atoms. The van der Waals surface area contributed by atoms with Crippen LogP contribution in [0.1, 0.15) is 2.74 Å². The summed E-state index contributed by atoms with van der Waals surface area (Å²) in [7, 11) is -0.568. The Morgan fingerprint density at radius 1 is 1.35 bits per heavy atom. The number of esters is 1. The van der Waals surface area contributed by atoms with Gasteiger partial charge in [0.1, 0.15) is 1.37 Å². The Morgan fingerprint density at radius 2 is 1.76 bits per heavy atom. The first-order valence-corrected chi connectivity index (χ1v) is 3.31. The van der Waals surface area contributed by atoms with E-state index in [1.807, 2.05) is 0 Å². The molecule has 0 saturated carbocycles. The Kier molecular flexibility index (Phi) is 5.16. The Morgan fingerprint density at radius 3 is 1.82 bits per heavy atom. The van der Waals surface area contributed by atoms with Gasteiger partial charge in [0.25, 0.3) is 0 Å².